The molecule has 7 rings (SSSR count). The van der Waals surface area contributed by atoms with Gasteiger partial charge in [-0.25, -0.2) is 0 Å². The van der Waals surface area contributed by atoms with Gasteiger partial charge in [0.2, 0.25) is 5.75 Å². The Morgan fingerprint density at radius 2 is 1.52 bits per heavy atom. The molecule has 4 heterocycles. The zero-order chi connectivity index (χ0) is 32.4. The van der Waals surface area contributed by atoms with Crippen LogP contribution in [0.15, 0.2) is 66.1 Å². The van der Waals surface area contributed by atoms with Crippen molar-refractivity contribution in [2.45, 2.75) is 51.1 Å². The van der Waals surface area contributed by atoms with Gasteiger partial charge in [0.1, 0.15) is 5.75 Å². The van der Waals surface area contributed by atoms with E-state index < -0.39 is 0 Å². The average molecular weight is 627 g/mol. The molecule has 4 aliphatic heterocycles. The lowest BCUT2D eigenvalue weighted by atomic mass is 9.88. The van der Waals surface area contributed by atoms with Crippen molar-refractivity contribution in [2.24, 2.45) is 0 Å². The molecule has 0 fully saturated rings. The van der Waals surface area contributed by atoms with Crippen molar-refractivity contribution < 1.29 is 28.4 Å². The van der Waals surface area contributed by atoms with E-state index >= 15 is 0 Å². The first-order valence-electron chi connectivity index (χ1n) is 16.1. The highest BCUT2D eigenvalue weighted by molar-refractivity contribution is 5.63. The zero-order valence-corrected chi connectivity index (χ0v) is 28.1. The fourth-order valence-electron chi connectivity index (χ4n) is 7.16. The summed E-state index contributed by atoms with van der Waals surface area (Å²) in [4.78, 5) is 4.83. The SMILES string of the molecule is C/C=C(OC)\C1=C/CC[C@H]2c3c(cc(OC)c(OC)c3Oc3cc4c(cc3OC)CCN(C)[C@H]4Cc3ccc(cc3)O1)CCN2C. The number of rotatable bonds is 5. The van der Waals surface area contributed by atoms with Crippen LogP contribution in [0.1, 0.15) is 59.7 Å². The summed E-state index contributed by atoms with van der Waals surface area (Å²) in [6, 6.07) is 15.1. The molecule has 0 saturated carbocycles. The average Bonchev–Trinajstić information content (AvgIpc) is 3.07. The third-order valence-electron chi connectivity index (χ3n) is 9.69. The number of hydrogen-bond donors (Lipinski definition) is 0. The molecular weight excluding hydrogens is 580 g/mol. The Bertz CT molecular complexity index is 1630. The van der Waals surface area contributed by atoms with E-state index in [1.54, 1.807) is 28.4 Å². The lowest BCUT2D eigenvalue weighted by Gasteiger charge is -2.37. The van der Waals surface area contributed by atoms with Crippen molar-refractivity contribution in [1.29, 1.82) is 0 Å². The third kappa shape index (κ3) is 6.04. The highest BCUT2D eigenvalue weighted by atomic mass is 16.5. The van der Waals surface area contributed by atoms with E-state index in [4.69, 9.17) is 28.4 Å². The molecular formula is C38H46N2O6. The topological polar surface area (TPSA) is 61.9 Å². The second-order valence-electron chi connectivity index (χ2n) is 12.3. The van der Waals surface area contributed by atoms with Crippen LogP contribution in [0.3, 0.4) is 0 Å². The number of fused-ring (bicyclic) bond motifs is 5. The molecule has 3 aromatic rings. The standard InChI is InChI=1S/C38H46N2O6/c1-8-31(41-4)32-11-9-10-29-36-26(17-19-39(29)2)22-35(43-6)37(44-7)38(36)46-34-23-28-25(21-33(34)42-5)16-18-40(3)30(28)20-24-12-14-27(45-32)15-13-24/h8,11-15,21-23,29-30H,9-10,16-20H2,1-7H3/b31-8+,32-11+/t29-,30-/m0/s1. The summed E-state index contributed by atoms with van der Waals surface area (Å²) >= 11 is 0. The van der Waals surface area contributed by atoms with Crippen molar-refractivity contribution in [2.75, 3.05) is 55.6 Å². The van der Waals surface area contributed by atoms with Crippen LogP contribution in [-0.2, 0) is 24.0 Å². The van der Waals surface area contributed by atoms with Crippen molar-refractivity contribution in [3.63, 3.8) is 0 Å². The van der Waals surface area contributed by atoms with Crippen LogP contribution < -0.4 is 23.7 Å². The Hall–Kier alpha value is -4.14. The normalized spacial score (nSPS) is 21.5. The molecule has 244 valence electrons. The number of ether oxygens (including phenoxy) is 6. The summed E-state index contributed by atoms with van der Waals surface area (Å²) in [5, 5.41) is 0. The van der Waals surface area contributed by atoms with Gasteiger partial charge in [0.05, 0.1) is 28.4 Å². The highest BCUT2D eigenvalue weighted by Crippen LogP contribution is 2.52. The van der Waals surface area contributed by atoms with Crippen LogP contribution in [0.4, 0.5) is 0 Å². The van der Waals surface area contributed by atoms with E-state index in [9.17, 15) is 0 Å². The first kappa shape index (κ1) is 31.8. The molecule has 4 aliphatic rings. The molecule has 0 spiro atoms. The Labute approximate surface area is 273 Å². The molecule has 0 unspecified atom stereocenters. The Morgan fingerprint density at radius 1 is 0.826 bits per heavy atom. The minimum absolute atomic E-state index is 0.0633. The monoisotopic (exact) mass is 626 g/mol. The summed E-state index contributed by atoms with van der Waals surface area (Å²) in [5.41, 5.74) is 6.08. The van der Waals surface area contributed by atoms with Gasteiger partial charge in [-0.05, 0) is 118 Å². The van der Waals surface area contributed by atoms with Gasteiger partial charge in [-0.15, -0.1) is 0 Å². The maximum Gasteiger partial charge on any atom is 0.204 e. The van der Waals surface area contributed by atoms with Crippen molar-refractivity contribution in [3.05, 3.63) is 94.0 Å². The van der Waals surface area contributed by atoms with E-state index in [1.165, 1.54) is 22.3 Å². The van der Waals surface area contributed by atoms with Gasteiger partial charge < -0.3 is 28.4 Å². The Balaban J connectivity index is 1.56. The predicted octanol–water partition coefficient (Wildman–Crippen LogP) is 7.41. The molecule has 2 atom stereocenters. The van der Waals surface area contributed by atoms with Gasteiger partial charge in [0.15, 0.2) is 34.5 Å². The molecule has 4 bridgehead atoms. The summed E-state index contributed by atoms with van der Waals surface area (Å²) in [5.74, 6) is 5.49. The largest absolute Gasteiger partial charge is 0.493 e. The van der Waals surface area contributed by atoms with Gasteiger partial charge in [-0.3, -0.25) is 9.80 Å². The molecule has 3 aromatic carbocycles. The lowest BCUT2D eigenvalue weighted by molar-refractivity contribution is 0.211. The number of benzene rings is 3. The number of nitrogens with zero attached hydrogens (tertiary/aromatic N) is 2. The van der Waals surface area contributed by atoms with E-state index in [0.29, 0.717) is 40.3 Å². The number of likely N-dealkylation sites (N-methyl/N-ethyl adjacent to an activating group) is 2. The van der Waals surface area contributed by atoms with Gasteiger partial charge in [0.25, 0.3) is 0 Å². The van der Waals surface area contributed by atoms with Gasteiger partial charge in [-0.1, -0.05) is 12.1 Å². The second kappa shape index (κ2) is 13.7. The molecule has 0 aliphatic carbocycles. The van der Waals surface area contributed by atoms with E-state index in [2.05, 4.69) is 72.4 Å². The van der Waals surface area contributed by atoms with Gasteiger partial charge >= 0.3 is 0 Å². The molecule has 46 heavy (non-hydrogen) atoms. The minimum atomic E-state index is 0.0633. The first-order valence-corrected chi connectivity index (χ1v) is 16.1. The molecule has 0 aromatic heterocycles. The van der Waals surface area contributed by atoms with Crippen molar-refractivity contribution in [1.82, 2.24) is 9.80 Å². The number of allylic oxidation sites excluding steroid dienone is 2. The van der Waals surface area contributed by atoms with Crippen LogP contribution in [0, 0.1) is 0 Å². The van der Waals surface area contributed by atoms with Crippen LogP contribution in [0.25, 0.3) is 0 Å². The fraction of sp³-hybridized carbons (Fsp3) is 0.421. The number of hydrogen-bond acceptors (Lipinski definition) is 8. The van der Waals surface area contributed by atoms with E-state index in [1.807, 2.05) is 13.0 Å². The Kier molecular flexibility index (Phi) is 9.47. The highest BCUT2D eigenvalue weighted by Gasteiger charge is 2.34. The van der Waals surface area contributed by atoms with E-state index in [-0.39, 0.29) is 12.1 Å². The van der Waals surface area contributed by atoms with Crippen LogP contribution in [0.2, 0.25) is 0 Å². The van der Waals surface area contributed by atoms with Crippen LogP contribution in [-0.4, -0.2) is 65.4 Å². The van der Waals surface area contributed by atoms with Crippen molar-refractivity contribution >= 4 is 0 Å². The molecule has 0 N–H and O–H groups in total. The summed E-state index contributed by atoms with van der Waals surface area (Å²) in [6.45, 7) is 3.84. The quantitative estimate of drug-likeness (QED) is 0.272. The third-order valence-corrected chi connectivity index (χ3v) is 9.69. The smallest absolute Gasteiger partial charge is 0.204 e. The van der Waals surface area contributed by atoms with Crippen molar-refractivity contribution in [3.8, 4) is 34.5 Å². The summed E-state index contributed by atoms with van der Waals surface area (Å²) in [6.07, 6.45) is 8.32. The van der Waals surface area contributed by atoms with Gasteiger partial charge in [-0.2, -0.15) is 0 Å². The maximum absolute atomic E-state index is 7.01. The molecule has 0 saturated heterocycles. The minimum Gasteiger partial charge on any atom is -0.493 e. The molecule has 0 amide bonds. The molecule has 8 heteroatoms. The van der Waals surface area contributed by atoms with Gasteiger partial charge in [0, 0.05) is 30.7 Å². The summed E-state index contributed by atoms with van der Waals surface area (Å²) in [7, 11) is 11.1. The second-order valence-corrected chi connectivity index (χ2v) is 12.3. The lowest BCUT2D eigenvalue weighted by Crippen LogP contribution is -2.33. The first-order chi connectivity index (χ1) is 22.4. The van der Waals surface area contributed by atoms with Crippen LogP contribution >= 0.6 is 0 Å². The number of methoxy groups -OCH3 is 4. The Morgan fingerprint density at radius 3 is 2.20 bits per heavy atom. The maximum atomic E-state index is 7.01. The fourth-order valence-corrected chi connectivity index (χ4v) is 7.16. The zero-order valence-electron chi connectivity index (χ0n) is 28.1. The van der Waals surface area contributed by atoms with E-state index in [0.717, 1.165) is 56.5 Å². The van der Waals surface area contributed by atoms with Crippen LogP contribution in [0.5, 0.6) is 34.5 Å². The predicted molar refractivity (Wildman–Crippen MR) is 180 cm³/mol. The molecule has 8 nitrogen and oxygen atoms in total. The summed E-state index contributed by atoms with van der Waals surface area (Å²) < 4.78 is 37.1. The molecule has 0 radical (unpaired) electrons.